The predicted molar refractivity (Wildman–Crippen MR) is 60.6 cm³/mol. The van der Waals surface area contributed by atoms with Crippen LogP contribution in [0.3, 0.4) is 0 Å². The molecule has 3 heteroatoms. The molecule has 1 aromatic carbocycles. The third-order valence-electron chi connectivity index (χ3n) is 1.60. The summed E-state index contributed by atoms with van der Waals surface area (Å²) in [6, 6.07) is 8.60. The fourth-order valence-electron chi connectivity index (χ4n) is 0.881. The Labute approximate surface area is 99.1 Å². The molecule has 0 spiro atoms. The van der Waals surface area contributed by atoms with Crippen molar-refractivity contribution in [1.29, 1.82) is 0 Å². The summed E-state index contributed by atoms with van der Waals surface area (Å²) in [5, 5.41) is 1.25. The molecule has 1 rings (SSSR count). The van der Waals surface area contributed by atoms with Gasteiger partial charge in [-0.25, -0.2) is 0 Å². The summed E-state index contributed by atoms with van der Waals surface area (Å²) in [6.07, 6.45) is 0. The van der Waals surface area contributed by atoms with E-state index in [0.29, 0.717) is 10.3 Å². The van der Waals surface area contributed by atoms with Crippen LogP contribution in [0.5, 0.6) is 0 Å². The molecule has 1 atom stereocenters. The number of hydrogen-bond acceptors (Lipinski definition) is 0. The Balaban J connectivity index is 0.000000424. The molecule has 1 unspecified atom stereocenters. The Morgan fingerprint density at radius 1 is 1.31 bits per heavy atom. The Hall–Kier alpha value is 0.602. The Morgan fingerprint density at radius 2 is 1.69 bits per heavy atom. The maximum atomic E-state index is 4.93. The number of hydrogen-bond donors (Lipinski definition) is 0. The van der Waals surface area contributed by atoms with Gasteiger partial charge in [0.1, 0.15) is 0 Å². The molecule has 0 fully saturated rings. The third kappa shape index (κ3) is 6.64. The zero-order valence-corrected chi connectivity index (χ0v) is 11.3. The van der Waals surface area contributed by atoms with Crippen LogP contribution in [0.15, 0.2) is 24.3 Å². The van der Waals surface area contributed by atoms with Crippen molar-refractivity contribution < 1.29 is 19.2 Å². The van der Waals surface area contributed by atoms with Crippen molar-refractivity contribution in [3.63, 3.8) is 0 Å². The van der Waals surface area contributed by atoms with E-state index in [1.807, 2.05) is 0 Å². The van der Waals surface area contributed by atoms with E-state index in [9.17, 15) is 0 Å². The van der Waals surface area contributed by atoms with Gasteiger partial charge in [-0.2, -0.15) is 0 Å². The Bertz CT molecular complexity index is 221. The van der Waals surface area contributed by atoms with Crippen LogP contribution in [0.4, 0.5) is 0 Å². The molecule has 0 nitrogen and oxygen atoms in total. The van der Waals surface area contributed by atoms with Gasteiger partial charge in [-0.3, -0.25) is 0 Å². The van der Waals surface area contributed by atoms with Gasteiger partial charge >= 0.3 is 35.2 Å². The molecule has 13 heavy (non-hydrogen) atoms. The van der Waals surface area contributed by atoms with Gasteiger partial charge in [-0.05, 0) is 16.8 Å². The summed E-state index contributed by atoms with van der Waals surface area (Å²) >= 11 is 7.64. The number of halogens is 1. The van der Waals surface area contributed by atoms with Crippen LogP contribution in [0, 0.1) is 0 Å². The van der Waals surface area contributed by atoms with Gasteiger partial charge in [0.2, 0.25) is 0 Å². The van der Waals surface area contributed by atoms with Crippen molar-refractivity contribution in [3.8, 4) is 0 Å². The SMILES string of the molecule is CC(C)c1ccc(P)cc1.Cl[CH2][Pd]. The minimum atomic E-state index is 0.572. The quantitative estimate of drug-likeness (QED) is 0.425. The minimum absolute atomic E-state index is 0.572. The summed E-state index contributed by atoms with van der Waals surface area (Å²) in [4.78, 5) is 0. The van der Waals surface area contributed by atoms with E-state index < -0.39 is 0 Å². The number of rotatable bonds is 1. The van der Waals surface area contributed by atoms with Crippen molar-refractivity contribution in [1.82, 2.24) is 0 Å². The first kappa shape index (κ1) is 13.6. The zero-order chi connectivity index (χ0) is 10.3. The number of alkyl halides is 1. The van der Waals surface area contributed by atoms with Gasteiger partial charge in [-0.1, -0.05) is 38.1 Å². The second kappa shape index (κ2) is 7.96. The van der Waals surface area contributed by atoms with E-state index in [1.54, 1.807) is 0 Å². The summed E-state index contributed by atoms with van der Waals surface area (Å²) in [6.45, 7) is 4.41. The standard InChI is InChI=1S/C9H13P.CH2Cl.Pd/c1-7(2)8-3-5-9(10)6-4-8;1-2;/h3-7H,10H2,1-2H3;1H2;. The van der Waals surface area contributed by atoms with E-state index in [0.717, 1.165) is 0 Å². The third-order valence-corrected chi connectivity index (χ3v) is 1.99. The molecule has 0 aliphatic carbocycles. The maximum absolute atomic E-state index is 4.93. The van der Waals surface area contributed by atoms with Crippen LogP contribution in [-0.4, -0.2) is 4.35 Å². The normalized spacial score (nSPS) is 9.46. The molecule has 0 saturated heterocycles. The van der Waals surface area contributed by atoms with Gasteiger partial charge in [0.15, 0.2) is 0 Å². The van der Waals surface area contributed by atoms with Crippen molar-refractivity contribution in [3.05, 3.63) is 29.8 Å². The van der Waals surface area contributed by atoms with E-state index in [4.69, 9.17) is 11.6 Å². The molecular formula is C10H15ClPPd. The van der Waals surface area contributed by atoms with Crippen molar-refractivity contribution in [2.24, 2.45) is 0 Å². The van der Waals surface area contributed by atoms with Crippen molar-refractivity contribution >= 4 is 26.1 Å². The van der Waals surface area contributed by atoms with E-state index in [-0.39, 0.29) is 0 Å². The predicted octanol–water partition coefficient (Wildman–Crippen LogP) is 3.04. The van der Waals surface area contributed by atoms with Gasteiger partial charge < -0.3 is 0 Å². The van der Waals surface area contributed by atoms with Crippen LogP contribution in [0.2, 0.25) is 0 Å². The van der Waals surface area contributed by atoms with Gasteiger partial charge in [0.05, 0.1) is 0 Å². The zero-order valence-electron chi connectivity index (χ0n) is 7.87. The van der Waals surface area contributed by atoms with E-state index in [2.05, 4.69) is 66.6 Å². The van der Waals surface area contributed by atoms with Crippen molar-refractivity contribution in [2.75, 3.05) is 4.35 Å². The summed E-state index contributed by atoms with van der Waals surface area (Å²) in [5.74, 6) is 0.644. The summed E-state index contributed by atoms with van der Waals surface area (Å²) in [7, 11) is 2.68. The number of benzene rings is 1. The molecule has 0 aliphatic rings. The molecule has 0 aromatic heterocycles. The molecule has 0 radical (unpaired) electrons. The molecule has 0 aliphatic heterocycles. The molecule has 0 N–H and O–H groups in total. The van der Waals surface area contributed by atoms with E-state index >= 15 is 0 Å². The first-order chi connectivity index (χ1) is 6.11. The van der Waals surface area contributed by atoms with Gasteiger partial charge in [-0.15, -0.1) is 9.24 Å². The van der Waals surface area contributed by atoms with Crippen molar-refractivity contribution in [2.45, 2.75) is 19.8 Å². The Kier molecular flexibility index (Phi) is 8.32. The van der Waals surface area contributed by atoms with Crippen LogP contribution in [0.1, 0.15) is 25.3 Å². The van der Waals surface area contributed by atoms with E-state index in [1.165, 1.54) is 10.9 Å². The van der Waals surface area contributed by atoms with Crippen LogP contribution in [-0.2, 0) is 19.2 Å². The summed E-state index contributed by atoms with van der Waals surface area (Å²) in [5.41, 5.74) is 1.41. The first-order valence-electron chi connectivity index (χ1n) is 4.04. The topological polar surface area (TPSA) is 0 Å². The second-order valence-electron chi connectivity index (χ2n) is 2.91. The van der Waals surface area contributed by atoms with Crippen LogP contribution >= 0.6 is 20.8 Å². The molecule has 0 saturated carbocycles. The van der Waals surface area contributed by atoms with Crippen LogP contribution in [0.25, 0.3) is 0 Å². The first-order valence-corrected chi connectivity index (χ1v) is 6.26. The molecule has 0 heterocycles. The van der Waals surface area contributed by atoms with Crippen LogP contribution < -0.4 is 5.30 Å². The fourth-order valence-corrected chi connectivity index (χ4v) is 1.07. The monoisotopic (exact) mass is 307 g/mol. The fraction of sp³-hybridized carbons (Fsp3) is 0.400. The average Bonchev–Trinajstić information content (AvgIpc) is 2.06. The molecule has 1 aromatic rings. The average molecular weight is 308 g/mol. The second-order valence-corrected chi connectivity index (χ2v) is 4.99. The molecular weight excluding hydrogens is 293 g/mol. The summed E-state index contributed by atoms with van der Waals surface area (Å²) < 4.78 is 0.572. The van der Waals surface area contributed by atoms with Gasteiger partial charge in [0.25, 0.3) is 0 Å². The Morgan fingerprint density at radius 3 is 2.00 bits per heavy atom. The molecule has 0 amide bonds. The molecule has 77 valence electrons. The van der Waals surface area contributed by atoms with Gasteiger partial charge in [0, 0.05) is 0 Å². The molecule has 0 bridgehead atoms.